The summed E-state index contributed by atoms with van der Waals surface area (Å²) in [6, 6.07) is 10.7. The van der Waals surface area contributed by atoms with Crippen LogP contribution >= 0.6 is 0 Å². The minimum atomic E-state index is -3.63. The molecule has 0 atom stereocenters. The molecule has 2 aromatic carbocycles. The van der Waals surface area contributed by atoms with Gasteiger partial charge >= 0.3 is 5.97 Å². The Morgan fingerprint density at radius 2 is 1.93 bits per heavy atom. The van der Waals surface area contributed by atoms with Crippen molar-refractivity contribution in [2.75, 3.05) is 19.0 Å². The normalized spacial score (nSPS) is 15.5. The van der Waals surface area contributed by atoms with Crippen LogP contribution in [0.2, 0.25) is 0 Å². The molecule has 1 aliphatic rings. The van der Waals surface area contributed by atoms with Crippen LogP contribution in [-0.2, 0) is 19.6 Å². The Kier molecular flexibility index (Phi) is 5.32. The van der Waals surface area contributed by atoms with Crippen LogP contribution in [-0.4, -0.2) is 44.9 Å². The molecule has 0 aromatic heterocycles. The van der Waals surface area contributed by atoms with Crippen LogP contribution in [0.3, 0.4) is 0 Å². The Labute approximate surface area is 161 Å². The Balaban J connectivity index is 1.67. The molecule has 1 heterocycles. The lowest BCUT2D eigenvalue weighted by Gasteiger charge is -2.09. The number of methoxy groups -OCH3 is 1. The van der Waals surface area contributed by atoms with Crippen LogP contribution in [0, 0.1) is 0 Å². The lowest BCUT2D eigenvalue weighted by Crippen LogP contribution is -2.23. The zero-order valence-corrected chi connectivity index (χ0v) is 15.6. The highest BCUT2D eigenvalue weighted by molar-refractivity contribution is 7.90. The molecule has 0 aliphatic carbocycles. The molecule has 1 amide bonds. The summed E-state index contributed by atoms with van der Waals surface area (Å²) in [7, 11) is -2.45. The largest absolute Gasteiger partial charge is 0.505 e. The molecule has 146 valence electrons. The maximum atomic E-state index is 12.1. The second-order valence-corrected chi connectivity index (χ2v) is 7.47. The third-order valence-electron chi connectivity index (χ3n) is 3.99. The summed E-state index contributed by atoms with van der Waals surface area (Å²) in [4.78, 5) is 28.0. The number of amidine groups is 1. The van der Waals surface area contributed by atoms with Gasteiger partial charge in [0.05, 0.1) is 24.2 Å². The number of carbonyl (C=O) groups excluding carboxylic acids is 2. The summed E-state index contributed by atoms with van der Waals surface area (Å²) in [6.45, 7) is 0.0233. The number of sulfonamides is 1. The van der Waals surface area contributed by atoms with E-state index in [0.717, 1.165) is 0 Å². The number of carbonyl (C=O) groups is 2. The highest BCUT2D eigenvalue weighted by Crippen LogP contribution is 2.28. The molecule has 10 heteroatoms. The number of nitrogens with zero attached hydrogens (tertiary/aromatic N) is 1. The number of benzene rings is 2. The molecule has 0 radical (unpaired) electrons. The fourth-order valence-corrected chi connectivity index (χ4v) is 3.90. The number of amides is 1. The van der Waals surface area contributed by atoms with Crippen molar-refractivity contribution in [3.8, 4) is 5.75 Å². The number of ether oxygens (including phenoxy) is 1. The van der Waals surface area contributed by atoms with Crippen LogP contribution in [0.25, 0.3) is 0 Å². The number of anilines is 1. The van der Waals surface area contributed by atoms with Gasteiger partial charge in [-0.05, 0) is 24.3 Å². The van der Waals surface area contributed by atoms with Crippen molar-refractivity contribution in [2.45, 2.75) is 11.3 Å². The molecule has 2 aromatic rings. The molecule has 0 spiro atoms. The molecule has 0 bridgehead atoms. The van der Waals surface area contributed by atoms with Gasteiger partial charge in [0.15, 0.2) is 5.75 Å². The number of hydrogen-bond donors (Lipinski definition) is 3. The predicted molar refractivity (Wildman–Crippen MR) is 101 cm³/mol. The first kappa shape index (κ1) is 19.4. The molecular weight excluding hydrogens is 386 g/mol. The highest BCUT2D eigenvalue weighted by atomic mass is 32.2. The Morgan fingerprint density at radius 1 is 1.18 bits per heavy atom. The van der Waals surface area contributed by atoms with Crippen molar-refractivity contribution in [2.24, 2.45) is 4.99 Å². The average molecular weight is 403 g/mol. The first-order valence-corrected chi connectivity index (χ1v) is 9.68. The molecular formula is C18H17N3O6S. The molecule has 0 saturated heterocycles. The van der Waals surface area contributed by atoms with E-state index in [1.807, 2.05) is 0 Å². The third-order valence-corrected chi connectivity index (χ3v) is 5.38. The highest BCUT2D eigenvalue weighted by Gasteiger charge is 2.29. The van der Waals surface area contributed by atoms with Gasteiger partial charge in [0, 0.05) is 12.0 Å². The van der Waals surface area contributed by atoms with E-state index in [-0.39, 0.29) is 34.9 Å². The Hall–Kier alpha value is -3.40. The van der Waals surface area contributed by atoms with Gasteiger partial charge in [-0.1, -0.05) is 18.2 Å². The minimum Gasteiger partial charge on any atom is -0.505 e. The summed E-state index contributed by atoms with van der Waals surface area (Å²) < 4.78 is 30.9. The van der Waals surface area contributed by atoms with Crippen molar-refractivity contribution in [1.29, 1.82) is 0 Å². The summed E-state index contributed by atoms with van der Waals surface area (Å²) in [6.07, 6.45) is -0.0602. The van der Waals surface area contributed by atoms with E-state index >= 15 is 0 Å². The first-order valence-electron chi connectivity index (χ1n) is 8.20. The van der Waals surface area contributed by atoms with Gasteiger partial charge in [-0.2, -0.15) is 0 Å². The summed E-state index contributed by atoms with van der Waals surface area (Å²) in [5.74, 6) is -1.41. The molecule has 3 N–H and O–H groups in total. The smallest absolute Gasteiger partial charge is 0.341 e. The third kappa shape index (κ3) is 3.81. The molecule has 9 nitrogen and oxygen atoms in total. The lowest BCUT2D eigenvalue weighted by molar-refractivity contribution is -0.116. The van der Waals surface area contributed by atoms with Gasteiger partial charge in [-0.15, -0.1) is 0 Å². The minimum absolute atomic E-state index is 0.0233. The predicted octanol–water partition coefficient (Wildman–Crippen LogP) is 1.25. The van der Waals surface area contributed by atoms with E-state index in [4.69, 9.17) is 0 Å². The number of phenols is 1. The van der Waals surface area contributed by atoms with Crippen molar-refractivity contribution in [3.63, 3.8) is 0 Å². The number of hydrogen-bond acceptors (Lipinski definition) is 7. The van der Waals surface area contributed by atoms with Gasteiger partial charge in [0.1, 0.15) is 11.4 Å². The van der Waals surface area contributed by atoms with Crippen molar-refractivity contribution in [1.82, 2.24) is 4.72 Å². The Morgan fingerprint density at radius 3 is 2.68 bits per heavy atom. The zero-order valence-electron chi connectivity index (χ0n) is 14.8. The van der Waals surface area contributed by atoms with E-state index in [1.54, 1.807) is 18.2 Å². The van der Waals surface area contributed by atoms with Gasteiger partial charge in [-0.25, -0.2) is 13.2 Å². The topological polar surface area (TPSA) is 134 Å². The van der Waals surface area contributed by atoms with E-state index < -0.39 is 27.6 Å². The van der Waals surface area contributed by atoms with Crippen molar-refractivity contribution < 1.29 is 27.9 Å². The number of esters is 1. The second kappa shape index (κ2) is 7.69. The summed E-state index contributed by atoms with van der Waals surface area (Å²) >= 11 is 0. The average Bonchev–Trinajstić information content (AvgIpc) is 2.93. The monoisotopic (exact) mass is 403 g/mol. The number of fused-ring (bicyclic) bond motifs is 1. The second-order valence-electron chi connectivity index (χ2n) is 5.82. The van der Waals surface area contributed by atoms with Gasteiger partial charge in [0.2, 0.25) is 5.91 Å². The number of nitrogens with one attached hydrogen (secondary N) is 2. The first-order chi connectivity index (χ1) is 13.3. The number of para-hydroxylation sites is 1. The van der Waals surface area contributed by atoms with E-state index in [1.165, 1.54) is 31.4 Å². The van der Waals surface area contributed by atoms with Crippen molar-refractivity contribution >= 4 is 33.4 Å². The number of aliphatic imine (C=N–C) groups is 1. The van der Waals surface area contributed by atoms with Gasteiger partial charge < -0.3 is 15.2 Å². The maximum Gasteiger partial charge on any atom is 0.341 e. The molecule has 1 aliphatic heterocycles. The van der Waals surface area contributed by atoms with Crippen LogP contribution in [0.4, 0.5) is 5.69 Å². The SMILES string of the molecule is COC(=O)c1cccc(NC(=O)CCN=C2NS(=O)(=O)c3ccccc32)c1O. The molecule has 28 heavy (non-hydrogen) atoms. The lowest BCUT2D eigenvalue weighted by atomic mass is 10.1. The van der Waals surface area contributed by atoms with E-state index in [2.05, 4.69) is 19.8 Å². The zero-order chi connectivity index (χ0) is 20.3. The van der Waals surface area contributed by atoms with Crippen LogP contribution in [0.15, 0.2) is 52.4 Å². The van der Waals surface area contributed by atoms with Gasteiger partial charge in [0.25, 0.3) is 10.0 Å². The van der Waals surface area contributed by atoms with Crippen LogP contribution in [0.5, 0.6) is 5.75 Å². The van der Waals surface area contributed by atoms with E-state index in [9.17, 15) is 23.1 Å². The number of aromatic hydroxyl groups is 1. The summed E-state index contributed by atoms with van der Waals surface area (Å²) in [5, 5.41) is 12.6. The Bertz CT molecular complexity index is 1080. The van der Waals surface area contributed by atoms with Crippen LogP contribution < -0.4 is 10.0 Å². The number of phenolic OH excluding ortho intramolecular Hbond substituents is 1. The molecule has 0 fully saturated rings. The number of rotatable bonds is 5. The van der Waals surface area contributed by atoms with Crippen LogP contribution in [0.1, 0.15) is 22.3 Å². The molecule has 3 rings (SSSR count). The molecule has 0 saturated carbocycles. The van der Waals surface area contributed by atoms with E-state index in [0.29, 0.717) is 5.56 Å². The fraction of sp³-hybridized carbons (Fsp3) is 0.167. The van der Waals surface area contributed by atoms with Gasteiger partial charge in [-0.3, -0.25) is 14.5 Å². The standard InChI is InChI=1S/C18H17N3O6S/c1-27-18(24)12-6-4-7-13(16(12)23)20-15(22)9-10-19-17-11-5-2-3-8-14(11)28(25,26)21-17/h2-8,23H,9-10H2,1H3,(H,19,21)(H,20,22). The van der Waals surface area contributed by atoms with Crippen molar-refractivity contribution in [3.05, 3.63) is 53.6 Å². The molecule has 0 unspecified atom stereocenters. The summed E-state index contributed by atoms with van der Waals surface area (Å²) in [5.41, 5.74) is 0.441. The fourth-order valence-electron chi connectivity index (χ4n) is 2.65. The quantitative estimate of drug-likeness (QED) is 0.508. The maximum absolute atomic E-state index is 12.1.